The van der Waals surface area contributed by atoms with Gasteiger partial charge in [0.15, 0.2) is 0 Å². The van der Waals surface area contributed by atoms with E-state index in [1.165, 1.54) is 0 Å². The molecule has 8 heteroatoms. The predicted molar refractivity (Wildman–Crippen MR) is 125 cm³/mol. The van der Waals surface area contributed by atoms with Crippen molar-refractivity contribution in [2.45, 2.75) is 19.3 Å². The summed E-state index contributed by atoms with van der Waals surface area (Å²) in [6, 6.07) is 18.6. The molecule has 0 radical (unpaired) electrons. The molecule has 1 N–H and O–H groups in total. The van der Waals surface area contributed by atoms with Crippen LogP contribution in [-0.2, 0) is 5.41 Å². The van der Waals surface area contributed by atoms with Crippen LogP contribution < -0.4 is 5.32 Å². The van der Waals surface area contributed by atoms with Crippen molar-refractivity contribution in [3.05, 3.63) is 88.8 Å². The summed E-state index contributed by atoms with van der Waals surface area (Å²) < 4.78 is 2.38. The lowest BCUT2D eigenvalue weighted by atomic mass is 9.86. The van der Waals surface area contributed by atoms with E-state index in [0.29, 0.717) is 22.6 Å². The Balaban J connectivity index is 1.60. The Hall–Kier alpha value is -3.83. The highest BCUT2D eigenvalue weighted by molar-refractivity contribution is 9.10. The lowest BCUT2D eigenvalue weighted by Gasteiger charge is -2.17. The third-order valence-electron chi connectivity index (χ3n) is 5.03. The monoisotopic (exact) mass is 486 g/mol. The van der Waals surface area contributed by atoms with Crippen LogP contribution in [0.25, 0.3) is 16.9 Å². The number of hydrogen-bond donors (Lipinski definition) is 1. The number of pyridine rings is 1. The fraction of sp³-hybridized carbons (Fsp3) is 0.125. The zero-order chi connectivity index (χ0) is 22.7. The third kappa shape index (κ3) is 4.43. The number of carbonyl (C=O) groups excluding carboxylic acids is 1. The van der Waals surface area contributed by atoms with Gasteiger partial charge in [-0.3, -0.25) is 9.78 Å². The Morgan fingerprint density at radius 3 is 2.75 bits per heavy atom. The van der Waals surface area contributed by atoms with Crippen molar-refractivity contribution < 1.29 is 4.79 Å². The molecule has 0 aliphatic heterocycles. The molecule has 32 heavy (non-hydrogen) atoms. The highest BCUT2D eigenvalue weighted by Crippen LogP contribution is 2.26. The van der Waals surface area contributed by atoms with Crippen molar-refractivity contribution in [1.82, 2.24) is 20.0 Å². The number of carbonyl (C=O) groups is 1. The second-order valence-corrected chi connectivity index (χ2v) is 8.58. The highest BCUT2D eigenvalue weighted by atomic mass is 79.9. The van der Waals surface area contributed by atoms with Gasteiger partial charge in [-0.15, -0.1) is 5.10 Å². The van der Waals surface area contributed by atoms with Crippen LogP contribution in [0.4, 0.5) is 5.69 Å². The Morgan fingerprint density at radius 1 is 1.16 bits per heavy atom. The van der Waals surface area contributed by atoms with Gasteiger partial charge in [0, 0.05) is 33.7 Å². The largest absolute Gasteiger partial charge is 0.322 e. The molecule has 0 atom stereocenters. The molecular weight excluding hydrogens is 468 g/mol. The maximum Gasteiger partial charge on any atom is 0.255 e. The second-order valence-electron chi connectivity index (χ2n) is 7.73. The Labute approximate surface area is 193 Å². The van der Waals surface area contributed by atoms with Crippen molar-refractivity contribution in [2.24, 2.45) is 0 Å². The molecule has 2 heterocycles. The zero-order valence-corrected chi connectivity index (χ0v) is 19.0. The topological polar surface area (TPSA) is 96.5 Å². The van der Waals surface area contributed by atoms with E-state index in [9.17, 15) is 10.1 Å². The molecule has 0 bridgehead atoms. The molecule has 0 fully saturated rings. The Kier molecular flexibility index (Phi) is 5.84. The first-order chi connectivity index (χ1) is 15.4. The third-order valence-corrected chi connectivity index (χ3v) is 5.70. The van der Waals surface area contributed by atoms with Crippen LogP contribution in [0.15, 0.2) is 77.7 Å². The summed E-state index contributed by atoms with van der Waals surface area (Å²) in [5.74, 6) is -0.265. The molecule has 2 aromatic carbocycles. The molecule has 0 saturated heterocycles. The second kappa shape index (κ2) is 8.73. The van der Waals surface area contributed by atoms with E-state index in [4.69, 9.17) is 0 Å². The lowest BCUT2D eigenvalue weighted by Crippen LogP contribution is -2.16. The van der Waals surface area contributed by atoms with E-state index >= 15 is 0 Å². The first-order valence-electron chi connectivity index (χ1n) is 9.83. The van der Waals surface area contributed by atoms with Crippen LogP contribution in [0.3, 0.4) is 0 Å². The SMILES string of the molecule is CC(C)(C#N)c1cccc(NC(=O)c2ccc(Br)c(-n3cc(-c4cccnc4)nn3)c2)c1. The first kappa shape index (κ1) is 21.4. The van der Waals surface area contributed by atoms with E-state index < -0.39 is 5.41 Å². The van der Waals surface area contributed by atoms with Gasteiger partial charge >= 0.3 is 0 Å². The molecule has 0 unspecified atom stereocenters. The fourth-order valence-corrected chi connectivity index (χ4v) is 3.54. The van der Waals surface area contributed by atoms with Gasteiger partial charge in [-0.1, -0.05) is 17.3 Å². The van der Waals surface area contributed by atoms with E-state index in [-0.39, 0.29) is 5.91 Å². The van der Waals surface area contributed by atoms with E-state index in [2.05, 4.69) is 42.6 Å². The minimum absolute atomic E-state index is 0.265. The fourth-order valence-electron chi connectivity index (χ4n) is 3.11. The first-order valence-corrected chi connectivity index (χ1v) is 10.6. The maximum atomic E-state index is 12.9. The molecule has 0 aliphatic carbocycles. The van der Waals surface area contributed by atoms with Crippen molar-refractivity contribution in [3.63, 3.8) is 0 Å². The van der Waals surface area contributed by atoms with Crippen LogP contribution in [0.2, 0.25) is 0 Å². The van der Waals surface area contributed by atoms with E-state index in [1.54, 1.807) is 47.5 Å². The number of nitrogens with zero attached hydrogens (tertiary/aromatic N) is 5. The summed E-state index contributed by atoms with van der Waals surface area (Å²) in [6.45, 7) is 3.68. The van der Waals surface area contributed by atoms with Crippen LogP contribution in [-0.4, -0.2) is 25.9 Å². The average Bonchev–Trinajstić information content (AvgIpc) is 3.30. The number of nitriles is 1. The number of amides is 1. The lowest BCUT2D eigenvalue weighted by molar-refractivity contribution is 0.102. The summed E-state index contributed by atoms with van der Waals surface area (Å²) in [6.07, 6.45) is 5.20. The molecule has 0 aliphatic rings. The molecule has 0 saturated carbocycles. The van der Waals surface area contributed by atoms with Gasteiger partial charge in [0.1, 0.15) is 5.69 Å². The number of nitrogens with one attached hydrogen (secondary N) is 1. The number of rotatable bonds is 5. The van der Waals surface area contributed by atoms with Gasteiger partial charge < -0.3 is 5.32 Å². The number of hydrogen-bond acceptors (Lipinski definition) is 5. The van der Waals surface area contributed by atoms with Gasteiger partial charge in [0.05, 0.1) is 23.4 Å². The van der Waals surface area contributed by atoms with Crippen molar-refractivity contribution >= 4 is 27.5 Å². The molecule has 4 rings (SSSR count). The van der Waals surface area contributed by atoms with Gasteiger partial charge in [-0.2, -0.15) is 5.26 Å². The van der Waals surface area contributed by atoms with E-state index in [0.717, 1.165) is 15.6 Å². The normalized spacial score (nSPS) is 11.1. The van der Waals surface area contributed by atoms with Crippen LogP contribution in [0.5, 0.6) is 0 Å². The molecule has 1 amide bonds. The summed E-state index contributed by atoms with van der Waals surface area (Å²) in [5.41, 5.74) is 3.48. The smallest absolute Gasteiger partial charge is 0.255 e. The minimum atomic E-state index is -0.648. The quantitative estimate of drug-likeness (QED) is 0.420. The molecule has 0 spiro atoms. The maximum absolute atomic E-state index is 12.9. The number of benzene rings is 2. The predicted octanol–water partition coefficient (Wildman–Crippen LogP) is 5.15. The number of halogens is 1. The molecular formula is C24H19BrN6O. The summed E-state index contributed by atoms with van der Waals surface area (Å²) in [7, 11) is 0. The Bertz CT molecular complexity index is 1320. The average molecular weight is 487 g/mol. The molecule has 2 aromatic heterocycles. The van der Waals surface area contributed by atoms with Crippen molar-refractivity contribution in [2.75, 3.05) is 5.32 Å². The Morgan fingerprint density at radius 2 is 2.00 bits per heavy atom. The molecule has 4 aromatic rings. The van der Waals surface area contributed by atoms with Crippen LogP contribution in [0, 0.1) is 11.3 Å². The zero-order valence-electron chi connectivity index (χ0n) is 17.5. The number of anilines is 1. The van der Waals surface area contributed by atoms with Gasteiger partial charge in [-0.05, 0) is 77.8 Å². The number of aromatic nitrogens is 4. The standard InChI is InChI=1S/C24H19BrN6O/c1-24(2,15-26)18-6-3-7-19(12-18)28-23(32)16-8-9-20(25)22(11-16)31-14-21(29-30-31)17-5-4-10-27-13-17/h3-14H,1-2H3,(H,28,32). The summed E-state index contributed by atoms with van der Waals surface area (Å²) in [5, 5.41) is 20.7. The highest BCUT2D eigenvalue weighted by Gasteiger charge is 2.20. The minimum Gasteiger partial charge on any atom is -0.322 e. The summed E-state index contributed by atoms with van der Waals surface area (Å²) in [4.78, 5) is 17.0. The van der Waals surface area contributed by atoms with Gasteiger partial charge in [0.2, 0.25) is 0 Å². The molecule has 7 nitrogen and oxygen atoms in total. The van der Waals surface area contributed by atoms with Gasteiger partial charge in [0.25, 0.3) is 5.91 Å². The van der Waals surface area contributed by atoms with Crippen molar-refractivity contribution in [3.8, 4) is 23.0 Å². The summed E-state index contributed by atoms with van der Waals surface area (Å²) >= 11 is 3.52. The van der Waals surface area contributed by atoms with Crippen LogP contribution in [0.1, 0.15) is 29.8 Å². The van der Waals surface area contributed by atoms with Crippen molar-refractivity contribution in [1.29, 1.82) is 5.26 Å². The van der Waals surface area contributed by atoms with E-state index in [1.807, 2.05) is 44.2 Å². The van der Waals surface area contributed by atoms with Crippen LogP contribution >= 0.6 is 15.9 Å². The van der Waals surface area contributed by atoms with Gasteiger partial charge in [-0.25, -0.2) is 4.68 Å². The molecule has 158 valence electrons.